The van der Waals surface area contributed by atoms with E-state index in [4.69, 9.17) is 5.14 Å². The molecule has 1 aliphatic carbocycles. The summed E-state index contributed by atoms with van der Waals surface area (Å²) in [5, 5.41) is 17.8. The van der Waals surface area contributed by atoms with Crippen molar-refractivity contribution < 1.29 is 13.5 Å². The summed E-state index contributed by atoms with van der Waals surface area (Å²) in [5.41, 5.74) is 0.539. The Morgan fingerprint density at radius 2 is 1.85 bits per heavy atom. The molecule has 2 rings (SSSR count). The fraction of sp³-hybridized carbons (Fsp3) is 0.571. The summed E-state index contributed by atoms with van der Waals surface area (Å²) in [6.07, 6.45) is 4.44. The number of aliphatic hydroxyl groups excluding tert-OH is 1. The van der Waals surface area contributed by atoms with E-state index in [9.17, 15) is 13.5 Å². The van der Waals surface area contributed by atoms with Crippen molar-refractivity contribution in [3.8, 4) is 0 Å². The van der Waals surface area contributed by atoms with Gasteiger partial charge in [0, 0.05) is 13.2 Å². The molecule has 1 aromatic rings. The Balaban J connectivity index is 2.07. The smallest absolute Gasteiger partial charge is 0.240 e. The number of rotatable bonds is 5. The van der Waals surface area contributed by atoms with Crippen LogP contribution in [-0.4, -0.2) is 26.7 Å². The third-order valence-electron chi connectivity index (χ3n) is 4.05. The fourth-order valence-corrected chi connectivity index (χ4v) is 3.61. The van der Waals surface area contributed by atoms with Crippen molar-refractivity contribution in [3.05, 3.63) is 24.3 Å². The molecule has 2 unspecified atom stereocenters. The molecule has 1 aliphatic rings. The van der Waals surface area contributed by atoms with Crippen LogP contribution in [0.5, 0.6) is 0 Å². The first-order valence-electron chi connectivity index (χ1n) is 6.99. The molecular formula is C14H22N2O3S. The lowest BCUT2D eigenvalue weighted by Gasteiger charge is -2.30. The van der Waals surface area contributed by atoms with Crippen LogP contribution in [0.3, 0.4) is 0 Å². The van der Waals surface area contributed by atoms with E-state index in [1.807, 2.05) is 0 Å². The number of hydrogen-bond acceptors (Lipinski definition) is 4. The van der Waals surface area contributed by atoms with Gasteiger partial charge in [-0.25, -0.2) is 13.6 Å². The van der Waals surface area contributed by atoms with Gasteiger partial charge < -0.3 is 10.4 Å². The third kappa shape index (κ3) is 3.71. The van der Waals surface area contributed by atoms with Crippen molar-refractivity contribution in [1.82, 2.24) is 0 Å². The van der Waals surface area contributed by atoms with Crippen molar-refractivity contribution in [2.75, 3.05) is 18.5 Å². The number of primary sulfonamides is 1. The minimum Gasteiger partial charge on any atom is -0.396 e. The molecule has 1 aromatic carbocycles. The van der Waals surface area contributed by atoms with Gasteiger partial charge in [0.15, 0.2) is 0 Å². The zero-order chi connectivity index (χ0) is 14.6. The Kier molecular flexibility index (Phi) is 5.01. The van der Waals surface area contributed by atoms with Crippen molar-refractivity contribution in [2.24, 2.45) is 17.0 Å². The van der Waals surface area contributed by atoms with Gasteiger partial charge in [-0.3, -0.25) is 0 Å². The summed E-state index contributed by atoms with van der Waals surface area (Å²) < 4.78 is 23.0. The Morgan fingerprint density at radius 1 is 1.20 bits per heavy atom. The Morgan fingerprint density at radius 3 is 2.50 bits per heavy atom. The van der Waals surface area contributed by atoms with Crippen LogP contribution in [0.25, 0.3) is 0 Å². The zero-order valence-corrected chi connectivity index (χ0v) is 12.3. The summed E-state index contributed by atoms with van der Waals surface area (Å²) in [6.45, 7) is 0.862. The Bertz CT molecular complexity index is 545. The van der Waals surface area contributed by atoms with Crippen LogP contribution in [0, 0.1) is 11.8 Å². The lowest BCUT2D eigenvalue weighted by atomic mass is 9.79. The van der Waals surface area contributed by atoms with Gasteiger partial charge in [0.1, 0.15) is 4.90 Å². The van der Waals surface area contributed by atoms with E-state index in [0.29, 0.717) is 24.1 Å². The normalized spacial score (nSPS) is 23.5. The zero-order valence-electron chi connectivity index (χ0n) is 11.5. The largest absolute Gasteiger partial charge is 0.396 e. The second-order valence-corrected chi connectivity index (χ2v) is 6.94. The van der Waals surface area contributed by atoms with Crippen molar-refractivity contribution in [3.63, 3.8) is 0 Å². The van der Waals surface area contributed by atoms with Gasteiger partial charge in [-0.15, -0.1) is 0 Å². The molecule has 0 saturated heterocycles. The minimum absolute atomic E-state index is 0.122. The summed E-state index contributed by atoms with van der Waals surface area (Å²) in [7, 11) is -3.72. The number of sulfonamides is 1. The van der Waals surface area contributed by atoms with E-state index in [1.165, 1.54) is 12.5 Å². The monoisotopic (exact) mass is 298 g/mol. The first-order chi connectivity index (χ1) is 9.52. The lowest BCUT2D eigenvalue weighted by Crippen LogP contribution is -2.29. The topological polar surface area (TPSA) is 92.4 Å². The van der Waals surface area contributed by atoms with Gasteiger partial charge in [-0.2, -0.15) is 0 Å². The lowest BCUT2D eigenvalue weighted by molar-refractivity contribution is 0.141. The van der Waals surface area contributed by atoms with Crippen LogP contribution in [0.15, 0.2) is 29.2 Å². The van der Waals surface area contributed by atoms with E-state index in [-0.39, 0.29) is 11.5 Å². The molecule has 0 aliphatic heterocycles. The molecule has 0 heterocycles. The number of nitrogens with one attached hydrogen (secondary N) is 1. The molecule has 5 nitrogen and oxygen atoms in total. The van der Waals surface area contributed by atoms with E-state index < -0.39 is 10.0 Å². The maximum Gasteiger partial charge on any atom is 0.240 e. The highest BCUT2D eigenvalue weighted by Crippen LogP contribution is 2.30. The van der Waals surface area contributed by atoms with Gasteiger partial charge in [0.2, 0.25) is 10.0 Å². The van der Waals surface area contributed by atoms with Crippen LogP contribution in [0.1, 0.15) is 25.7 Å². The molecular weight excluding hydrogens is 276 g/mol. The van der Waals surface area contributed by atoms with Gasteiger partial charge in [0.25, 0.3) is 0 Å². The maximum absolute atomic E-state index is 11.5. The summed E-state index contributed by atoms with van der Waals surface area (Å²) in [4.78, 5) is 0.122. The SMILES string of the molecule is NS(=O)(=O)c1ccccc1NCC1CCCCC1CO. The molecule has 0 radical (unpaired) electrons. The second-order valence-electron chi connectivity index (χ2n) is 5.41. The van der Waals surface area contributed by atoms with Crippen LogP contribution < -0.4 is 10.5 Å². The molecule has 2 atom stereocenters. The predicted octanol–water partition coefficient (Wildman–Crippen LogP) is 1.54. The quantitative estimate of drug-likeness (QED) is 0.769. The first-order valence-corrected chi connectivity index (χ1v) is 8.53. The standard InChI is InChI=1S/C14H22N2O3S/c15-20(18,19)14-8-4-3-7-13(14)16-9-11-5-1-2-6-12(11)10-17/h3-4,7-8,11-12,16-17H,1-2,5-6,9-10H2,(H2,15,18,19). The van der Waals surface area contributed by atoms with Crippen LogP contribution in [-0.2, 0) is 10.0 Å². The molecule has 0 bridgehead atoms. The molecule has 4 N–H and O–H groups in total. The minimum atomic E-state index is -3.72. The number of benzene rings is 1. The number of hydrogen-bond donors (Lipinski definition) is 3. The molecule has 6 heteroatoms. The molecule has 20 heavy (non-hydrogen) atoms. The van der Waals surface area contributed by atoms with E-state index in [2.05, 4.69) is 5.32 Å². The Labute approximate surface area is 120 Å². The van der Waals surface area contributed by atoms with E-state index in [1.54, 1.807) is 18.2 Å². The second kappa shape index (κ2) is 6.56. The van der Waals surface area contributed by atoms with Crippen LogP contribution in [0.2, 0.25) is 0 Å². The van der Waals surface area contributed by atoms with Crippen LogP contribution >= 0.6 is 0 Å². The van der Waals surface area contributed by atoms with Gasteiger partial charge in [-0.05, 0) is 36.8 Å². The average Bonchev–Trinajstić information content (AvgIpc) is 2.44. The highest BCUT2D eigenvalue weighted by molar-refractivity contribution is 7.89. The van der Waals surface area contributed by atoms with Crippen molar-refractivity contribution in [2.45, 2.75) is 30.6 Å². The number of anilines is 1. The molecule has 0 amide bonds. The predicted molar refractivity (Wildman–Crippen MR) is 78.8 cm³/mol. The third-order valence-corrected chi connectivity index (χ3v) is 5.02. The summed E-state index contributed by atoms with van der Waals surface area (Å²) in [6, 6.07) is 6.65. The molecule has 112 valence electrons. The Hall–Kier alpha value is -1.11. The van der Waals surface area contributed by atoms with Gasteiger partial charge in [-0.1, -0.05) is 25.0 Å². The summed E-state index contributed by atoms with van der Waals surface area (Å²) in [5.74, 6) is 0.681. The van der Waals surface area contributed by atoms with Crippen LogP contribution in [0.4, 0.5) is 5.69 Å². The maximum atomic E-state index is 11.5. The van der Waals surface area contributed by atoms with Gasteiger partial charge >= 0.3 is 0 Å². The summed E-state index contributed by atoms with van der Waals surface area (Å²) >= 11 is 0. The van der Waals surface area contributed by atoms with Gasteiger partial charge in [0.05, 0.1) is 5.69 Å². The molecule has 1 saturated carbocycles. The first kappa shape index (κ1) is 15.3. The number of para-hydroxylation sites is 1. The number of nitrogens with two attached hydrogens (primary N) is 1. The molecule has 0 spiro atoms. The van der Waals surface area contributed by atoms with E-state index >= 15 is 0 Å². The highest BCUT2D eigenvalue weighted by atomic mass is 32.2. The van der Waals surface area contributed by atoms with Crippen molar-refractivity contribution in [1.29, 1.82) is 0 Å². The number of aliphatic hydroxyl groups is 1. The van der Waals surface area contributed by atoms with Crippen molar-refractivity contribution >= 4 is 15.7 Å². The molecule has 0 aromatic heterocycles. The average molecular weight is 298 g/mol. The van der Waals surface area contributed by atoms with E-state index in [0.717, 1.165) is 19.3 Å². The fourth-order valence-electron chi connectivity index (χ4n) is 2.90. The highest BCUT2D eigenvalue weighted by Gasteiger charge is 2.24. The molecule has 1 fully saturated rings.